The molecule has 15 heavy (non-hydrogen) atoms. The summed E-state index contributed by atoms with van der Waals surface area (Å²) < 4.78 is 2.04. The third kappa shape index (κ3) is 3.83. The molecule has 0 saturated heterocycles. The Balaban J connectivity index is 2.48. The monoisotopic (exact) mass is 209 g/mol. The van der Waals surface area contributed by atoms with Crippen molar-refractivity contribution in [1.29, 1.82) is 0 Å². The maximum atomic E-state index is 11.5. The largest absolute Gasteiger partial charge is 0.335 e. The van der Waals surface area contributed by atoms with E-state index >= 15 is 0 Å². The van der Waals surface area contributed by atoms with Crippen LogP contribution in [0, 0.1) is 0 Å². The standard InChI is InChI=1S/C11H19N3O/c1-2-7-14-8-6-13-11(14)9-10(15)4-3-5-12/h6,8H,2-5,7,9,12H2,1H3. The highest BCUT2D eigenvalue weighted by molar-refractivity contribution is 5.80. The molecule has 1 rings (SSSR count). The molecule has 0 unspecified atom stereocenters. The van der Waals surface area contributed by atoms with Crippen molar-refractivity contribution in [3.8, 4) is 0 Å². The van der Waals surface area contributed by atoms with Crippen molar-refractivity contribution in [3.05, 3.63) is 18.2 Å². The molecule has 0 fully saturated rings. The molecular weight excluding hydrogens is 190 g/mol. The van der Waals surface area contributed by atoms with Gasteiger partial charge in [0.1, 0.15) is 11.6 Å². The maximum absolute atomic E-state index is 11.5. The minimum absolute atomic E-state index is 0.226. The number of aromatic nitrogens is 2. The van der Waals surface area contributed by atoms with E-state index in [-0.39, 0.29) is 5.78 Å². The number of ketones is 1. The molecule has 1 heterocycles. The summed E-state index contributed by atoms with van der Waals surface area (Å²) in [6, 6.07) is 0. The molecule has 1 aromatic heterocycles. The molecule has 4 heteroatoms. The first kappa shape index (κ1) is 11.9. The van der Waals surface area contributed by atoms with Gasteiger partial charge in [-0.3, -0.25) is 4.79 Å². The molecule has 84 valence electrons. The second kappa shape index (κ2) is 6.35. The van der Waals surface area contributed by atoms with Gasteiger partial charge in [-0.15, -0.1) is 0 Å². The summed E-state index contributed by atoms with van der Waals surface area (Å²) >= 11 is 0. The molecule has 0 aliphatic carbocycles. The average molecular weight is 209 g/mol. The van der Waals surface area contributed by atoms with E-state index in [0.717, 1.165) is 25.2 Å². The van der Waals surface area contributed by atoms with Gasteiger partial charge in [0.25, 0.3) is 0 Å². The highest BCUT2D eigenvalue weighted by Crippen LogP contribution is 2.03. The minimum Gasteiger partial charge on any atom is -0.335 e. The second-order valence-electron chi connectivity index (χ2n) is 3.64. The minimum atomic E-state index is 0.226. The fourth-order valence-electron chi connectivity index (χ4n) is 1.52. The van der Waals surface area contributed by atoms with E-state index in [4.69, 9.17) is 5.73 Å². The SMILES string of the molecule is CCCn1ccnc1CC(=O)CCCN. The lowest BCUT2D eigenvalue weighted by molar-refractivity contribution is -0.118. The lowest BCUT2D eigenvalue weighted by Gasteiger charge is -2.05. The molecule has 0 bridgehead atoms. The van der Waals surface area contributed by atoms with E-state index in [1.807, 2.05) is 10.8 Å². The number of rotatable bonds is 7. The Bertz CT molecular complexity index is 307. The third-order valence-electron chi connectivity index (χ3n) is 2.28. The molecule has 0 saturated carbocycles. The van der Waals surface area contributed by atoms with Gasteiger partial charge in [0.15, 0.2) is 0 Å². The van der Waals surface area contributed by atoms with E-state index in [1.54, 1.807) is 6.20 Å². The fourth-order valence-corrected chi connectivity index (χ4v) is 1.52. The van der Waals surface area contributed by atoms with Gasteiger partial charge in [-0.1, -0.05) is 6.92 Å². The number of carbonyl (C=O) groups excluding carboxylic acids is 1. The van der Waals surface area contributed by atoms with Gasteiger partial charge in [-0.05, 0) is 19.4 Å². The van der Waals surface area contributed by atoms with Crippen molar-refractivity contribution >= 4 is 5.78 Å². The number of Topliss-reactive ketones (excluding diaryl/α,β-unsaturated/α-hetero) is 1. The highest BCUT2D eigenvalue weighted by atomic mass is 16.1. The van der Waals surface area contributed by atoms with Crippen LogP contribution in [0.4, 0.5) is 0 Å². The Morgan fingerprint density at radius 3 is 3.07 bits per heavy atom. The number of carbonyl (C=O) groups is 1. The van der Waals surface area contributed by atoms with Gasteiger partial charge in [-0.2, -0.15) is 0 Å². The second-order valence-corrected chi connectivity index (χ2v) is 3.64. The molecule has 0 aliphatic rings. The van der Waals surface area contributed by atoms with Crippen molar-refractivity contribution in [3.63, 3.8) is 0 Å². The molecule has 0 spiro atoms. The first-order valence-electron chi connectivity index (χ1n) is 5.49. The Kier molecular flexibility index (Phi) is 5.04. The lowest BCUT2D eigenvalue weighted by Crippen LogP contribution is -2.11. The van der Waals surface area contributed by atoms with Crippen LogP contribution in [-0.4, -0.2) is 21.9 Å². The van der Waals surface area contributed by atoms with Crippen molar-refractivity contribution < 1.29 is 4.79 Å². The van der Waals surface area contributed by atoms with Gasteiger partial charge in [0.2, 0.25) is 0 Å². The van der Waals surface area contributed by atoms with Crippen molar-refractivity contribution in [2.75, 3.05) is 6.54 Å². The Morgan fingerprint density at radius 2 is 2.40 bits per heavy atom. The molecule has 1 aromatic rings. The average Bonchev–Trinajstić information content (AvgIpc) is 2.63. The Labute approximate surface area is 90.5 Å². The van der Waals surface area contributed by atoms with Crippen LogP contribution < -0.4 is 5.73 Å². The highest BCUT2D eigenvalue weighted by Gasteiger charge is 2.07. The molecule has 2 N–H and O–H groups in total. The van der Waals surface area contributed by atoms with Crippen LogP contribution in [-0.2, 0) is 17.8 Å². The summed E-state index contributed by atoms with van der Waals surface area (Å²) in [5.74, 6) is 1.10. The quantitative estimate of drug-likeness (QED) is 0.732. The fraction of sp³-hybridized carbons (Fsp3) is 0.636. The van der Waals surface area contributed by atoms with Gasteiger partial charge in [0.05, 0.1) is 6.42 Å². The van der Waals surface area contributed by atoms with Crippen molar-refractivity contribution in [2.45, 2.75) is 39.2 Å². The number of hydrogen-bond acceptors (Lipinski definition) is 3. The first-order valence-corrected chi connectivity index (χ1v) is 5.49. The van der Waals surface area contributed by atoms with Crippen LogP contribution in [0.2, 0.25) is 0 Å². The number of aryl methyl sites for hydroxylation is 1. The summed E-state index contributed by atoms with van der Waals surface area (Å²) in [5.41, 5.74) is 5.35. The molecule has 4 nitrogen and oxygen atoms in total. The zero-order chi connectivity index (χ0) is 11.1. The number of nitrogens with two attached hydrogens (primary N) is 1. The van der Waals surface area contributed by atoms with Crippen molar-refractivity contribution in [1.82, 2.24) is 9.55 Å². The van der Waals surface area contributed by atoms with Gasteiger partial charge in [-0.25, -0.2) is 4.98 Å². The number of imidazole rings is 1. The van der Waals surface area contributed by atoms with Crippen molar-refractivity contribution in [2.24, 2.45) is 5.73 Å². The number of nitrogens with zero attached hydrogens (tertiary/aromatic N) is 2. The van der Waals surface area contributed by atoms with E-state index in [9.17, 15) is 4.79 Å². The number of hydrogen-bond donors (Lipinski definition) is 1. The molecule has 0 aromatic carbocycles. The predicted octanol–water partition coefficient (Wildman–Crippen LogP) is 1.14. The smallest absolute Gasteiger partial charge is 0.140 e. The zero-order valence-electron chi connectivity index (χ0n) is 9.28. The molecule has 0 atom stereocenters. The summed E-state index contributed by atoms with van der Waals surface area (Å²) in [7, 11) is 0. The van der Waals surface area contributed by atoms with E-state index < -0.39 is 0 Å². The van der Waals surface area contributed by atoms with Crippen LogP contribution in [0.3, 0.4) is 0 Å². The zero-order valence-corrected chi connectivity index (χ0v) is 9.28. The Morgan fingerprint density at radius 1 is 1.60 bits per heavy atom. The molecule has 0 radical (unpaired) electrons. The van der Waals surface area contributed by atoms with Crippen LogP contribution in [0.5, 0.6) is 0 Å². The maximum Gasteiger partial charge on any atom is 0.140 e. The Hall–Kier alpha value is -1.16. The molecule has 0 aliphatic heterocycles. The summed E-state index contributed by atoms with van der Waals surface area (Å²) in [6.07, 6.45) is 6.51. The topological polar surface area (TPSA) is 60.9 Å². The third-order valence-corrected chi connectivity index (χ3v) is 2.28. The van der Waals surface area contributed by atoms with Gasteiger partial charge < -0.3 is 10.3 Å². The normalized spacial score (nSPS) is 10.5. The summed E-state index contributed by atoms with van der Waals surface area (Å²) in [6.45, 7) is 3.62. The molecular formula is C11H19N3O. The van der Waals surface area contributed by atoms with Crippen LogP contribution in [0.15, 0.2) is 12.4 Å². The summed E-state index contributed by atoms with van der Waals surface area (Å²) in [5, 5.41) is 0. The van der Waals surface area contributed by atoms with E-state index in [2.05, 4.69) is 11.9 Å². The van der Waals surface area contributed by atoms with Gasteiger partial charge in [0, 0.05) is 25.4 Å². The van der Waals surface area contributed by atoms with Crippen LogP contribution in [0.1, 0.15) is 32.0 Å². The predicted molar refractivity (Wildman–Crippen MR) is 59.5 cm³/mol. The first-order chi connectivity index (χ1) is 7.27. The summed E-state index contributed by atoms with van der Waals surface area (Å²) in [4.78, 5) is 15.7. The van der Waals surface area contributed by atoms with E-state index in [1.165, 1.54) is 0 Å². The lowest BCUT2D eigenvalue weighted by atomic mass is 10.1. The molecule has 0 amide bonds. The van der Waals surface area contributed by atoms with E-state index in [0.29, 0.717) is 19.4 Å². The van der Waals surface area contributed by atoms with Gasteiger partial charge >= 0.3 is 0 Å². The van der Waals surface area contributed by atoms with Crippen LogP contribution in [0.25, 0.3) is 0 Å². The van der Waals surface area contributed by atoms with Crippen LogP contribution >= 0.6 is 0 Å².